The number of hydrogen-bond donors (Lipinski definition) is 2. The fraction of sp³-hybridized carbons (Fsp3) is 0.226. The molecule has 0 bridgehead atoms. The van der Waals surface area contributed by atoms with Gasteiger partial charge in [-0.05, 0) is 79.2 Å². The van der Waals surface area contributed by atoms with E-state index in [0.29, 0.717) is 33.7 Å². The number of fused-ring (bicyclic) bond motifs is 1. The Balaban J connectivity index is 1.35. The van der Waals surface area contributed by atoms with E-state index in [1.165, 1.54) is 18.5 Å². The van der Waals surface area contributed by atoms with Crippen LogP contribution in [0.5, 0.6) is 5.75 Å². The van der Waals surface area contributed by atoms with Crippen molar-refractivity contribution in [3.63, 3.8) is 0 Å². The van der Waals surface area contributed by atoms with E-state index in [9.17, 15) is 8.94 Å². The molecule has 0 aliphatic heterocycles. The quantitative estimate of drug-likeness (QED) is 0.145. The van der Waals surface area contributed by atoms with Gasteiger partial charge in [-0.2, -0.15) is 0 Å². The molecule has 0 fully saturated rings. The number of nitrogens with one attached hydrogen (secondary N) is 2. The molecule has 212 valence electrons. The van der Waals surface area contributed by atoms with Gasteiger partial charge in [0.25, 0.3) is 0 Å². The molecule has 2 heterocycles. The predicted molar refractivity (Wildman–Crippen MR) is 163 cm³/mol. The molecule has 5 aromatic rings. The van der Waals surface area contributed by atoms with Gasteiger partial charge < -0.3 is 24.3 Å². The van der Waals surface area contributed by atoms with Crippen LogP contribution in [0.4, 0.5) is 15.9 Å². The third-order valence-corrected chi connectivity index (χ3v) is 7.51. The Morgan fingerprint density at radius 3 is 2.73 bits per heavy atom. The third-order valence-electron chi connectivity index (χ3n) is 6.41. The Bertz CT molecular complexity index is 1630. The van der Waals surface area contributed by atoms with Crippen molar-refractivity contribution in [2.75, 3.05) is 23.9 Å². The maximum Gasteiger partial charge on any atom is 0.141 e. The van der Waals surface area contributed by atoms with Crippen molar-refractivity contribution >= 4 is 45.2 Å². The molecular weight excluding hydrogens is 563 g/mol. The van der Waals surface area contributed by atoms with Crippen molar-refractivity contribution in [1.29, 1.82) is 0 Å². The van der Waals surface area contributed by atoms with E-state index in [2.05, 4.69) is 27.5 Å². The standard InChI is InChI=1S/C31H30ClFN4O3S/c1-3-13-34-27(18-41(2)38)30-12-11-28(40-30)21-7-9-26-24(15-21)31(36-19-35-26)37-23-8-10-29(25(32)16-23)39-17-20-5-4-6-22(33)14-20/h4-12,14-16,19,27,34H,3,13,17-18H2,1-2H3,(H,35,36,37)/t27-,41?/m0/s1. The van der Waals surface area contributed by atoms with Crippen LogP contribution in [0.3, 0.4) is 0 Å². The van der Waals surface area contributed by atoms with Gasteiger partial charge in [-0.1, -0.05) is 41.8 Å². The van der Waals surface area contributed by atoms with Crippen molar-refractivity contribution in [2.24, 2.45) is 0 Å². The number of rotatable bonds is 12. The Labute approximate surface area is 246 Å². The van der Waals surface area contributed by atoms with Crippen LogP contribution in [0.2, 0.25) is 5.02 Å². The predicted octanol–water partition coefficient (Wildman–Crippen LogP) is 7.42. The summed E-state index contributed by atoms with van der Waals surface area (Å²) in [5.41, 5.74) is 3.06. The van der Waals surface area contributed by atoms with E-state index in [1.54, 1.807) is 30.5 Å². The van der Waals surface area contributed by atoms with Gasteiger partial charge in [0.2, 0.25) is 0 Å². The Kier molecular flexibility index (Phi) is 9.41. The molecule has 41 heavy (non-hydrogen) atoms. The number of hydrogen-bond acceptors (Lipinski definition) is 7. The molecule has 0 saturated heterocycles. The van der Waals surface area contributed by atoms with Crippen molar-refractivity contribution < 1.29 is 18.1 Å². The second kappa shape index (κ2) is 13.4. The molecule has 0 radical (unpaired) electrons. The summed E-state index contributed by atoms with van der Waals surface area (Å²) < 4.78 is 37.4. The SMILES string of the molecule is CCCN[C@@H](C[S+](C)[O-])c1ccc(-c2ccc3ncnc(Nc4ccc(OCc5cccc(F)c5)c(Cl)c4)c3c2)o1. The number of ether oxygens (including phenoxy) is 1. The average molecular weight is 593 g/mol. The molecule has 0 saturated carbocycles. The highest BCUT2D eigenvalue weighted by Gasteiger charge is 2.20. The summed E-state index contributed by atoms with van der Waals surface area (Å²) in [6.45, 7) is 3.10. The first-order valence-electron chi connectivity index (χ1n) is 13.2. The smallest absolute Gasteiger partial charge is 0.141 e. The van der Waals surface area contributed by atoms with Gasteiger partial charge in [-0.15, -0.1) is 0 Å². The minimum Gasteiger partial charge on any atom is -0.616 e. The molecule has 2 atom stereocenters. The van der Waals surface area contributed by atoms with E-state index >= 15 is 0 Å². The minimum atomic E-state index is -0.969. The lowest BCUT2D eigenvalue weighted by Gasteiger charge is -2.16. The lowest BCUT2D eigenvalue weighted by atomic mass is 10.1. The summed E-state index contributed by atoms with van der Waals surface area (Å²) in [4.78, 5) is 8.88. The largest absolute Gasteiger partial charge is 0.616 e. The molecule has 0 amide bonds. The molecule has 3 aromatic carbocycles. The zero-order valence-corrected chi connectivity index (χ0v) is 24.3. The van der Waals surface area contributed by atoms with Crippen LogP contribution in [0.1, 0.15) is 30.7 Å². The fourth-order valence-corrected chi connectivity index (χ4v) is 5.41. The number of benzene rings is 3. The molecule has 1 unspecified atom stereocenters. The Hall–Kier alpha value is -3.63. The van der Waals surface area contributed by atoms with Gasteiger partial charge in [0.15, 0.2) is 0 Å². The number of anilines is 2. The Morgan fingerprint density at radius 2 is 1.95 bits per heavy atom. The van der Waals surface area contributed by atoms with Crippen LogP contribution in [0, 0.1) is 5.82 Å². The molecule has 2 aromatic heterocycles. The van der Waals surface area contributed by atoms with Crippen LogP contribution in [0.15, 0.2) is 83.5 Å². The van der Waals surface area contributed by atoms with E-state index in [0.717, 1.165) is 40.9 Å². The van der Waals surface area contributed by atoms with Crippen molar-refractivity contribution in [3.8, 4) is 17.1 Å². The summed E-state index contributed by atoms with van der Waals surface area (Å²) in [5.74, 6) is 2.71. The molecule has 0 aliphatic rings. The second-order valence-electron chi connectivity index (χ2n) is 9.59. The first-order valence-corrected chi connectivity index (χ1v) is 15.3. The molecule has 7 nitrogen and oxygen atoms in total. The molecule has 0 aliphatic carbocycles. The highest BCUT2D eigenvalue weighted by Crippen LogP contribution is 2.33. The number of halogens is 2. The van der Waals surface area contributed by atoms with Gasteiger partial charge in [0, 0.05) is 16.6 Å². The minimum absolute atomic E-state index is 0.124. The summed E-state index contributed by atoms with van der Waals surface area (Å²) in [6.07, 6.45) is 4.17. The van der Waals surface area contributed by atoms with Crippen molar-refractivity contribution in [3.05, 3.63) is 101 Å². The third kappa shape index (κ3) is 7.37. The van der Waals surface area contributed by atoms with Crippen LogP contribution < -0.4 is 15.4 Å². The van der Waals surface area contributed by atoms with E-state index < -0.39 is 11.2 Å². The summed E-state index contributed by atoms with van der Waals surface area (Å²) in [5, 5.41) is 7.97. The summed E-state index contributed by atoms with van der Waals surface area (Å²) in [6, 6.07) is 21.2. The lowest BCUT2D eigenvalue weighted by Crippen LogP contribution is -2.28. The number of nitrogens with zero attached hydrogens (tertiary/aromatic N) is 2. The Morgan fingerprint density at radius 1 is 1.07 bits per heavy atom. The van der Waals surface area contributed by atoms with E-state index in [4.69, 9.17) is 20.8 Å². The van der Waals surface area contributed by atoms with Crippen LogP contribution in [-0.4, -0.2) is 33.1 Å². The molecular formula is C31H30ClFN4O3S. The number of furan rings is 1. The summed E-state index contributed by atoms with van der Waals surface area (Å²) in [7, 11) is 0. The van der Waals surface area contributed by atoms with Crippen LogP contribution in [0.25, 0.3) is 22.2 Å². The van der Waals surface area contributed by atoms with Crippen molar-refractivity contribution in [2.45, 2.75) is 26.0 Å². The van der Waals surface area contributed by atoms with Gasteiger partial charge in [-0.3, -0.25) is 0 Å². The van der Waals surface area contributed by atoms with Crippen LogP contribution in [-0.2, 0) is 17.8 Å². The average Bonchev–Trinajstić information content (AvgIpc) is 3.45. The lowest BCUT2D eigenvalue weighted by molar-refractivity contribution is 0.306. The molecule has 10 heteroatoms. The molecule has 5 rings (SSSR count). The normalized spacial score (nSPS) is 12.8. The second-order valence-corrected chi connectivity index (χ2v) is 11.5. The highest BCUT2D eigenvalue weighted by atomic mass is 35.5. The van der Waals surface area contributed by atoms with Gasteiger partial charge in [0.05, 0.1) is 16.8 Å². The zero-order chi connectivity index (χ0) is 28.8. The van der Waals surface area contributed by atoms with Crippen molar-refractivity contribution in [1.82, 2.24) is 15.3 Å². The maximum absolute atomic E-state index is 13.5. The first kappa shape index (κ1) is 28.9. The summed E-state index contributed by atoms with van der Waals surface area (Å²) >= 11 is 5.53. The van der Waals surface area contributed by atoms with Gasteiger partial charge in [-0.25, -0.2) is 14.4 Å². The van der Waals surface area contributed by atoms with E-state index in [-0.39, 0.29) is 18.5 Å². The molecule has 2 N–H and O–H groups in total. The highest BCUT2D eigenvalue weighted by molar-refractivity contribution is 7.90. The monoisotopic (exact) mass is 592 g/mol. The van der Waals surface area contributed by atoms with Gasteiger partial charge in [0.1, 0.15) is 53.6 Å². The first-order chi connectivity index (χ1) is 19.9. The maximum atomic E-state index is 13.5. The zero-order valence-electron chi connectivity index (χ0n) is 22.7. The topological polar surface area (TPSA) is 95.3 Å². The number of aromatic nitrogens is 2. The fourth-order valence-electron chi connectivity index (χ4n) is 4.42. The van der Waals surface area contributed by atoms with Crippen LogP contribution >= 0.6 is 11.6 Å². The van der Waals surface area contributed by atoms with E-state index in [1.807, 2.05) is 36.4 Å². The van der Waals surface area contributed by atoms with Gasteiger partial charge >= 0.3 is 0 Å². The molecule has 0 spiro atoms.